The first-order valence-corrected chi connectivity index (χ1v) is 8.67. The third-order valence-corrected chi connectivity index (χ3v) is 4.44. The first-order valence-electron chi connectivity index (χ1n) is 8.67. The zero-order valence-corrected chi connectivity index (χ0v) is 15.2. The second-order valence-electron chi connectivity index (χ2n) is 6.44. The fraction of sp³-hybridized carbons (Fsp3) is 0.0870. The van der Waals surface area contributed by atoms with Gasteiger partial charge in [-0.2, -0.15) is 0 Å². The number of hydrogen-bond acceptors (Lipinski definition) is 4. The van der Waals surface area contributed by atoms with Gasteiger partial charge in [0.1, 0.15) is 11.5 Å². The van der Waals surface area contributed by atoms with Crippen LogP contribution >= 0.6 is 0 Å². The van der Waals surface area contributed by atoms with Crippen molar-refractivity contribution in [3.8, 4) is 23.0 Å². The van der Waals surface area contributed by atoms with Gasteiger partial charge < -0.3 is 5.73 Å². The van der Waals surface area contributed by atoms with Crippen LogP contribution in [0.4, 0.5) is 5.82 Å². The SMILES string of the molecule is Cc1cncc(C)c1-c1ccc(N)nc1C#Cc1ccc2ncccc2c1. The van der Waals surface area contributed by atoms with Gasteiger partial charge in [0.05, 0.1) is 5.52 Å². The molecule has 0 spiro atoms. The number of aromatic nitrogens is 3. The average Bonchev–Trinajstić information content (AvgIpc) is 2.67. The summed E-state index contributed by atoms with van der Waals surface area (Å²) in [6, 6.07) is 13.7. The molecule has 4 nitrogen and oxygen atoms in total. The molecule has 130 valence electrons. The highest BCUT2D eigenvalue weighted by Gasteiger charge is 2.11. The molecule has 0 aliphatic carbocycles. The smallest absolute Gasteiger partial charge is 0.124 e. The van der Waals surface area contributed by atoms with E-state index in [0.717, 1.165) is 38.7 Å². The number of nitrogens with two attached hydrogens (primary N) is 1. The maximum Gasteiger partial charge on any atom is 0.124 e. The van der Waals surface area contributed by atoms with Crippen molar-refractivity contribution in [2.24, 2.45) is 0 Å². The van der Waals surface area contributed by atoms with Crippen molar-refractivity contribution in [2.45, 2.75) is 13.8 Å². The van der Waals surface area contributed by atoms with Gasteiger partial charge in [0, 0.05) is 35.1 Å². The standard InChI is InChI=1S/C23H18N4/c1-15-13-25-14-16(2)23(15)19-7-10-22(24)27-21(19)9-6-17-5-8-20-18(12-17)4-3-11-26-20/h3-5,7-8,10-14H,1-2H3,(H2,24,27). The van der Waals surface area contributed by atoms with Gasteiger partial charge in [-0.25, -0.2) is 4.98 Å². The number of benzene rings is 1. The predicted molar refractivity (Wildman–Crippen MR) is 109 cm³/mol. The van der Waals surface area contributed by atoms with Crippen molar-refractivity contribution in [2.75, 3.05) is 5.73 Å². The number of nitrogens with zero attached hydrogens (tertiary/aromatic N) is 3. The van der Waals surface area contributed by atoms with Gasteiger partial charge in [0.2, 0.25) is 0 Å². The highest BCUT2D eigenvalue weighted by atomic mass is 14.8. The molecule has 0 unspecified atom stereocenters. The van der Waals surface area contributed by atoms with E-state index in [1.54, 1.807) is 6.20 Å². The third-order valence-electron chi connectivity index (χ3n) is 4.44. The minimum atomic E-state index is 0.454. The van der Waals surface area contributed by atoms with Crippen molar-refractivity contribution in [3.63, 3.8) is 0 Å². The summed E-state index contributed by atoms with van der Waals surface area (Å²) < 4.78 is 0. The van der Waals surface area contributed by atoms with E-state index >= 15 is 0 Å². The van der Waals surface area contributed by atoms with E-state index in [-0.39, 0.29) is 0 Å². The molecular weight excluding hydrogens is 332 g/mol. The van der Waals surface area contributed by atoms with Crippen LogP contribution in [0.5, 0.6) is 0 Å². The zero-order valence-electron chi connectivity index (χ0n) is 15.2. The Balaban J connectivity index is 1.83. The van der Waals surface area contributed by atoms with Gasteiger partial charge in [-0.1, -0.05) is 12.0 Å². The lowest BCUT2D eigenvalue weighted by Crippen LogP contribution is -1.98. The van der Waals surface area contributed by atoms with Gasteiger partial charge in [-0.3, -0.25) is 9.97 Å². The number of hydrogen-bond donors (Lipinski definition) is 1. The minimum Gasteiger partial charge on any atom is -0.384 e. The molecule has 0 fully saturated rings. The summed E-state index contributed by atoms with van der Waals surface area (Å²) in [6.45, 7) is 4.08. The molecule has 0 aliphatic rings. The second kappa shape index (κ2) is 6.89. The molecule has 4 heteroatoms. The van der Waals surface area contributed by atoms with Crippen LogP contribution in [0.25, 0.3) is 22.0 Å². The van der Waals surface area contributed by atoms with Crippen molar-refractivity contribution in [1.29, 1.82) is 0 Å². The molecule has 1 aromatic carbocycles. The van der Waals surface area contributed by atoms with Gasteiger partial charge in [0.25, 0.3) is 0 Å². The molecule has 0 bridgehead atoms. The Morgan fingerprint density at radius 3 is 2.56 bits per heavy atom. The van der Waals surface area contributed by atoms with E-state index in [4.69, 9.17) is 5.73 Å². The second-order valence-corrected chi connectivity index (χ2v) is 6.44. The van der Waals surface area contributed by atoms with Crippen LogP contribution in [0.2, 0.25) is 0 Å². The quantitative estimate of drug-likeness (QED) is 0.520. The monoisotopic (exact) mass is 350 g/mol. The maximum atomic E-state index is 5.93. The Labute approximate surface area is 158 Å². The van der Waals surface area contributed by atoms with Crippen LogP contribution in [0.15, 0.2) is 61.1 Å². The summed E-state index contributed by atoms with van der Waals surface area (Å²) in [5, 5.41) is 1.06. The van der Waals surface area contributed by atoms with Crippen molar-refractivity contribution in [1.82, 2.24) is 15.0 Å². The Morgan fingerprint density at radius 1 is 0.926 bits per heavy atom. The molecule has 4 rings (SSSR count). The Bertz CT molecular complexity index is 1200. The zero-order chi connectivity index (χ0) is 18.8. The van der Waals surface area contributed by atoms with Gasteiger partial charge >= 0.3 is 0 Å². The third kappa shape index (κ3) is 3.36. The van der Waals surface area contributed by atoms with E-state index < -0.39 is 0 Å². The molecule has 3 heterocycles. The molecule has 3 aromatic heterocycles. The summed E-state index contributed by atoms with van der Waals surface area (Å²) in [6.07, 6.45) is 5.49. The number of fused-ring (bicyclic) bond motifs is 1. The molecule has 0 amide bonds. The number of aryl methyl sites for hydroxylation is 2. The Kier molecular flexibility index (Phi) is 4.27. The van der Waals surface area contributed by atoms with E-state index in [1.165, 1.54) is 0 Å². The van der Waals surface area contributed by atoms with Crippen LogP contribution in [0, 0.1) is 25.7 Å². The van der Waals surface area contributed by atoms with E-state index in [1.807, 2.05) is 68.7 Å². The average molecular weight is 350 g/mol. The molecule has 0 saturated carbocycles. The summed E-state index contributed by atoms with van der Waals surface area (Å²) in [5.41, 5.74) is 12.7. The summed E-state index contributed by atoms with van der Waals surface area (Å²) in [4.78, 5) is 13.1. The summed E-state index contributed by atoms with van der Waals surface area (Å²) in [7, 11) is 0. The lowest BCUT2D eigenvalue weighted by Gasteiger charge is -2.11. The molecule has 0 radical (unpaired) electrons. The van der Waals surface area contributed by atoms with Gasteiger partial charge in [-0.15, -0.1) is 0 Å². The largest absolute Gasteiger partial charge is 0.384 e. The first kappa shape index (κ1) is 16.7. The number of nitrogen functional groups attached to an aromatic ring is 1. The molecular formula is C23H18N4. The Hall–Kier alpha value is -3.71. The van der Waals surface area contributed by atoms with Gasteiger partial charge in [-0.05, 0) is 72.9 Å². The lowest BCUT2D eigenvalue weighted by molar-refractivity contribution is 1.21. The van der Waals surface area contributed by atoms with E-state index in [2.05, 4.69) is 26.8 Å². The number of rotatable bonds is 1. The van der Waals surface area contributed by atoms with Crippen LogP contribution in [0.1, 0.15) is 22.4 Å². The molecule has 0 saturated heterocycles. The highest BCUT2D eigenvalue weighted by Crippen LogP contribution is 2.29. The molecule has 0 atom stereocenters. The fourth-order valence-electron chi connectivity index (χ4n) is 3.18. The molecule has 2 N–H and O–H groups in total. The van der Waals surface area contributed by atoms with Crippen LogP contribution in [-0.4, -0.2) is 15.0 Å². The highest BCUT2D eigenvalue weighted by molar-refractivity contribution is 5.80. The molecule has 27 heavy (non-hydrogen) atoms. The van der Waals surface area contributed by atoms with Gasteiger partial charge in [0.15, 0.2) is 0 Å². The molecule has 4 aromatic rings. The fourth-order valence-corrected chi connectivity index (χ4v) is 3.18. The predicted octanol–water partition coefficient (Wildman–Crippen LogP) is 4.29. The topological polar surface area (TPSA) is 64.7 Å². The lowest BCUT2D eigenvalue weighted by atomic mass is 9.96. The summed E-state index contributed by atoms with van der Waals surface area (Å²) in [5.74, 6) is 6.88. The number of anilines is 1. The normalized spacial score (nSPS) is 10.4. The number of pyridine rings is 3. The Morgan fingerprint density at radius 2 is 1.74 bits per heavy atom. The van der Waals surface area contributed by atoms with Crippen LogP contribution < -0.4 is 5.73 Å². The maximum absolute atomic E-state index is 5.93. The minimum absolute atomic E-state index is 0.454. The van der Waals surface area contributed by atoms with Crippen LogP contribution in [0.3, 0.4) is 0 Å². The van der Waals surface area contributed by atoms with E-state index in [9.17, 15) is 0 Å². The van der Waals surface area contributed by atoms with Crippen LogP contribution in [-0.2, 0) is 0 Å². The van der Waals surface area contributed by atoms with Crippen molar-refractivity contribution < 1.29 is 0 Å². The van der Waals surface area contributed by atoms with E-state index in [0.29, 0.717) is 11.5 Å². The molecule has 0 aliphatic heterocycles. The first-order chi connectivity index (χ1) is 13.1. The summed E-state index contributed by atoms with van der Waals surface area (Å²) >= 11 is 0. The van der Waals surface area contributed by atoms with Crippen molar-refractivity contribution >= 4 is 16.7 Å². The van der Waals surface area contributed by atoms with Crippen molar-refractivity contribution in [3.05, 3.63) is 83.4 Å².